The van der Waals surface area contributed by atoms with Gasteiger partial charge in [0.2, 0.25) is 0 Å². The van der Waals surface area contributed by atoms with Crippen LogP contribution in [0.3, 0.4) is 0 Å². The fourth-order valence-electron chi connectivity index (χ4n) is 1.88. The molecule has 0 saturated heterocycles. The Bertz CT molecular complexity index is 673. The zero-order valence-corrected chi connectivity index (χ0v) is 11.1. The van der Waals surface area contributed by atoms with E-state index in [9.17, 15) is 0 Å². The lowest BCUT2D eigenvalue weighted by molar-refractivity contribution is 1.19. The number of halogens is 1. The summed E-state index contributed by atoms with van der Waals surface area (Å²) in [6.07, 6.45) is 1.83. The molecule has 2 nitrogen and oxygen atoms in total. The van der Waals surface area contributed by atoms with Crippen molar-refractivity contribution in [3.05, 3.63) is 57.9 Å². The lowest BCUT2D eigenvalue weighted by Gasteiger charge is -2.07. The quantitative estimate of drug-likeness (QED) is 0.757. The van der Waals surface area contributed by atoms with Crippen LogP contribution in [-0.4, -0.2) is 4.98 Å². The molecule has 1 aromatic carbocycles. The second-order valence-corrected chi connectivity index (χ2v) is 5.73. The molecular weight excluding hydrogens is 264 g/mol. The number of nitrogens with one attached hydrogen (secondary N) is 1. The molecule has 0 aliphatic heterocycles. The molecule has 0 saturated carbocycles. The van der Waals surface area contributed by atoms with Crippen LogP contribution >= 0.6 is 22.9 Å². The van der Waals surface area contributed by atoms with Gasteiger partial charge in [-0.2, -0.15) is 0 Å². The van der Waals surface area contributed by atoms with E-state index in [0.717, 1.165) is 27.5 Å². The van der Waals surface area contributed by atoms with Crippen LogP contribution in [0.1, 0.15) is 4.88 Å². The molecule has 0 fully saturated rings. The van der Waals surface area contributed by atoms with Gasteiger partial charge in [-0.3, -0.25) is 4.98 Å². The second-order valence-electron chi connectivity index (χ2n) is 3.94. The summed E-state index contributed by atoms with van der Waals surface area (Å²) >= 11 is 7.52. The molecule has 0 amide bonds. The van der Waals surface area contributed by atoms with E-state index in [2.05, 4.69) is 16.4 Å². The van der Waals surface area contributed by atoms with E-state index in [1.165, 1.54) is 4.88 Å². The van der Waals surface area contributed by atoms with Gasteiger partial charge >= 0.3 is 0 Å². The van der Waals surface area contributed by atoms with E-state index in [0.29, 0.717) is 0 Å². The minimum Gasteiger partial charge on any atom is -0.380 e. The monoisotopic (exact) mass is 274 g/mol. The van der Waals surface area contributed by atoms with Crippen molar-refractivity contribution >= 4 is 39.5 Å². The Labute approximate surface area is 114 Å². The highest BCUT2D eigenvalue weighted by molar-refractivity contribution is 7.16. The summed E-state index contributed by atoms with van der Waals surface area (Å²) < 4.78 is 0.825. The third-order valence-corrected chi connectivity index (χ3v) is 3.96. The average molecular weight is 275 g/mol. The maximum Gasteiger partial charge on any atom is 0.0931 e. The molecule has 0 atom stereocenters. The second kappa shape index (κ2) is 4.96. The molecule has 2 aromatic heterocycles. The highest BCUT2D eigenvalue weighted by Crippen LogP contribution is 2.25. The first-order valence-corrected chi connectivity index (χ1v) is 6.84. The van der Waals surface area contributed by atoms with Gasteiger partial charge < -0.3 is 5.32 Å². The normalized spacial score (nSPS) is 10.7. The topological polar surface area (TPSA) is 24.9 Å². The van der Waals surface area contributed by atoms with E-state index in [-0.39, 0.29) is 0 Å². The van der Waals surface area contributed by atoms with Crippen molar-refractivity contribution in [2.45, 2.75) is 6.54 Å². The Hall–Kier alpha value is -1.58. The third kappa shape index (κ3) is 2.33. The smallest absolute Gasteiger partial charge is 0.0931 e. The van der Waals surface area contributed by atoms with Gasteiger partial charge in [0.1, 0.15) is 0 Å². The first-order valence-electron chi connectivity index (χ1n) is 5.65. The largest absolute Gasteiger partial charge is 0.380 e. The molecule has 2 heterocycles. The number of anilines is 1. The highest BCUT2D eigenvalue weighted by Gasteiger charge is 2.02. The number of hydrogen-bond acceptors (Lipinski definition) is 3. The summed E-state index contributed by atoms with van der Waals surface area (Å²) in [5.41, 5.74) is 2.11. The maximum absolute atomic E-state index is 5.92. The SMILES string of the molecule is Clc1ccc(CNc2ccnc3ccccc23)s1. The number of aromatic nitrogens is 1. The molecule has 18 heavy (non-hydrogen) atoms. The number of para-hydroxylation sites is 1. The average Bonchev–Trinajstić information content (AvgIpc) is 2.82. The molecule has 1 N–H and O–H groups in total. The molecule has 0 aliphatic rings. The van der Waals surface area contributed by atoms with E-state index >= 15 is 0 Å². The Balaban J connectivity index is 1.86. The number of nitrogens with zero attached hydrogens (tertiary/aromatic N) is 1. The fourth-order valence-corrected chi connectivity index (χ4v) is 2.91. The molecular formula is C14H11ClN2S. The minimum absolute atomic E-state index is 0.783. The van der Waals surface area contributed by atoms with Gasteiger partial charge in [-0.05, 0) is 24.3 Å². The van der Waals surface area contributed by atoms with Crippen molar-refractivity contribution in [3.8, 4) is 0 Å². The van der Waals surface area contributed by atoms with Gasteiger partial charge in [0.15, 0.2) is 0 Å². The van der Waals surface area contributed by atoms with Crippen molar-refractivity contribution in [3.63, 3.8) is 0 Å². The van der Waals surface area contributed by atoms with Gasteiger partial charge in [-0.1, -0.05) is 29.8 Å². The summed E-state index contributed by atoms with van der Waals surface area (Å²) in [6, 6.07) is 14.1. The summed E-state index contributed by atoms with van der Waals surface area (Å²) in [5.74, 6) is 0. The van der Waals surface area contributed by atoms with Crippen molar-refractivity contribution in [1.29, 1.82) is 0 Å². The van der Waals surface area contributed by atoms with Crippen LogP contribution in [0.25, 0.3) is 10.9 Å². The standard InChI is InChI=1S/C14H11ClN2S/c15-14-6-5-10(18-14)9-17-13-7-8-16-12-4-2-1-3-11(12)13/h1-8H,9H2,(H,16,17). The van der Waals surface area contributed by atoms with Crippen LogP contribution in [0.15, 0.2) is 48.7 Å². The molecule has 0 unspecified atom stereocenters. The maximum atomic E-state index is 5.92. The molecule has 3 aromatic rings. The van der Waals surface area contributed by atoms with Crippen LogP contribution in [0.5, 0.6) is 0 Å². The Kier molecular flexibility index (Phi) is 3.17. The molecule has 0 radical (unpaired) electrons. The predicted molar refractivity (Wildman–Crippen MR) is 78.4 cm³/mol. The van der Waals surface area contributed by atoms with Crippen molar-refractivity contribution in [2.75, 3.05) is 5.32 Å². The van der Waals surface area contributed by atoms with Gasteiger partial charge in [0.25, 0.3) is 0 Å². The zero-order chi connectivity index (χ0) is 12.4. The van der Waals surface area contributed by atoms with Crippen LogP contribution in [0.4, 0.5) is 5.69 Å². The predicted octanol–water partition coefficient (Wildman–Crippen LogP) is 4.56. The summed E-state index contributed by atoms with van der Waals surface area (Å²) in [4.78, 5) is 5.57. The first kappa shape index (κ1) is 11.5. The Morgan fingerprint density at radius 1 is 1.11 bits per heavy atom. The van der Waals surface area contributed by atoms with Crippen molar-refractivity contribution in [1.82, 2.24) is 4.98 Å². The van der Waals surface area contributed by atoms with E-state index in [1.807, 2.05) is 42.6 Å². The summed E-state index contributed by atoms with van der Waals surface area (Å²) in [7, 11) is 0. The number of hydrogen-bond donors (Lipinski definition) is 1. The van der Waals surface area contributed by atoms with E-state index < -0.39 is 0 Å². The number of rotatable bonds is 3. The van der Waals surface area contributed by atoms with Crippen LogP contribution in [0, 0.1) is 0 Å². The minimum atomic E-state index is 0.783. The zero-order valence-electron chi connectivity index (χ0n) is 9.56. The first-order chi connectivity index (χ1) is 8.83. The van der Waals surface area contributed by atoms with Crippen LogP contribution in [-0.2, 0) is 6.54 Å². The van der Waals surface area contributed by atoms with Crippen molar-refractivity contribution < 1.29 is 0 Å². The number of benzene rings is 1. The fraction of sp³-hybridized carbons (Fsp3) is 0.0714. The van der Waals surface area contributed by atoms with E-state index in [4.69, 9.17) is 11.6 Å². The Morgan fingerprint density at radius 2 is 2.00 bits per heavy atom. The third-order valence-electron chi connectivity index (χ3n) is 2.73. The molecule has 3 rings (SSSR count). The molecule has 90 valence electrons. The number of fused-ring (bicyclic) bond motifs is 1. The number of thiophene rings is 1. The molecule has 0 aliphatic carbocycles. The highest BCUT2D eigenvalue weighted by atomic mass is 35.5. The van der Waals surface area contributed by atoms with Crippen molar-refractivity contribution in [2.24, 2.45) is 0 Å². The van der Waals surface area contributed by atoms with E-state index in [1.54, 1.807) is 11.3 Å². The summed E-state index contributed by atoms with van der Waals surface area (Å²) in [5, 5.41) is 4.57. The van der Waals surface area contributed by atoms with Crippen LogP contribution in [0.2, 0.25) is 4.34 Å². The molecule has 0 bridgehead atoms. The van der Waals surface area contributed by atoms with Crippen LogP contribution < -0.4 is 5.32 Å². The molecule has 0 spiro atoms. The molecule has 4 heteroatoms. The van der Waals surface area contributed by atoms with Gasteiger partial charge in [-0.15, -0.1) is 11.3 Å². The Morgan fingerprint density at radius 3 is 2.83 bits per heavy atom. The van der Waals surface area contributed by atoms with Gasteiger partial charge in [0, 0.05) is 28.7 Å². The van der Waals surface area contributed by atoms with Gasteiger partial charge in [-0.25, -0.2) is 0 Å². The lowest BCUT2D eigenvalue weighted by Crippen LogP contribution is -1.98. The summed E-state index contributed by atoms with van der Waals surface area (Å²) in [6.45, 7) is 0.783. The lowest BCUT2D eigenvalue weighted by atomic mass is 10.2. The van der Waals surface area contributed by atoms with Gasteiger partial charge in [0.05, 0.1) is 9.85 Å². The number of pyridine rings is 1.